The number of hydrogen-bond acceptors (Lipinski definition) is 11. The van der Waals surface area contributed by atoms with E-state index in [2.05, 4.69) is 36.1 Å². The molecule has 0 aromatic heterocycles. The number of piperazine rings is 1. The van der Waals surface area contributed by atoms with Crippen molar-refractivity contribution in [3.8, 4) is 0 Å². The van der Waals surface area contributed by atoms with Crippen LogP contribution in [-0.2, 0) is 21.2 Å². The van der Waals surface area contributed by atoms with Crippen molar-refractivity contribution < 1.29 is 27.7 Å². The summed E-state index contributed by atoms with van der Waals surface area (Å²) in [4.78, 5) is 43.4. The average Bonchev–Trinajstić information content (AvgIpc) is 3.42. The van der Waals surface area contributed by atoms with Crippen molar-refractivity contribution in [2.75, 3.05) is 69.1 Å². The largest absolute Gasteiger partial charge is 0.444 e. The molecule has 2 aliphatic carbocycles. The summed E-state index contributed by atoms with van der Waals surface area (Å²) >= 11 is 6.59. The molecule has 3 fully saturated rings. The SMILES string of the molecule is CC(C)(C)OC(=O)NCCN1CCC2(CC1)CC(CNc1ccc(S(=O)(=O)NC(=O)c3ccc(N4CCN([C@@H]5CCCCc6c(Cl)cccc65)CC4)cc3)cc1[N+](=O)[O-])C2. The number of sulfonamides is 1. The summed E-state index contributed by atoms with van der Waals surface area (Å²) in [5.41, 5.74) is 3.33. The number of rotatable bonds is 12. The zero-order chi connectivity index (χ0) is 42.7. The number of ether oxygens (including phenoxy) is 1. The normalized spacial score (nSPS) is 20.1. The topological polar surface area (TPSA) is 166 Å². The van der Waals surface area contributed by atoms with Crippen molar-refractivity contribution in [3.63, 3.8) is 0 Å². The van der Waals surface area contributed by atoms with Crippen LogP contribution < -0.4 is 20.3 Å². The van der Waals surface area contributed by atoms with Gasteiger partial charge >= 0.3 is 6.09 Å². The first-order chi connectivity index (χ1) is 28.6. The third kappa shape index (κ3) is 10.5. The molecule has 3 aromatic rings. The monoisotopic (exact) mass is 863 g/mol. The molecule has 2 heterocycles. The van der Waals surface area contributed by atoms with E-state index in [9.17, 15) is 28.1 Å². The fraction of sp³-hybridized carbons (Fsp3) is 0.545. The van der Waals surface area contributed by atoms with Gasteiger partial charge in [-0.05, 0) is 144 Å². The number of likely N-dealkylation sites (tertiary alicyclic amines) is 1. The molecular formula is C44H58ClN7O7S. The minimum absolute atomic E-state index is 0.167. The van der Waals surface area contributed by atoms with E-state index in [1.165, 1.54) is 23.3 Å². The highest BCUT2D eigenvalue weighted by Crippen LogP contribution is 2.52. The average molecular weight is 865 g/mol. The van der Waals surface area contributed by atoms with Crippen LogP contribution in [0.4, 0.5) is 21.9 Å². The number of nitrogens with zero attached hydrogens (tertiary/aromatic N) is 4. The molecule has 0 bridgehead atoms. The standard InChI is InChI=1S/C44H58ClN7O7S/c1-43(2,3)59-42(54)46-19-22-49-20-17-44(18-21-49)28-31(29-44)30-47-38-16-15-34(27-40(38)52(55)56)60(57,58)48-41(53)32-11-13-33(14-12-32)50-23-25-51(26-24-50)39-10-5-4-7-35-36(39)8-6-9-37(35)45/h6,8-9,11-16,27,31,39,47H,4-5,7,10,17-26,28-30H2,1-3H3,(H,46,54)(H,48,53)/t39-/m1/s1. The summed E-state index contributed by atoms with van der Waals surface area (Å²) in [6.45, 7) is 12.6. The summed E-state index contributed by atoms with van der Waals surface area (Å²) in [7, 11) is -4.41. The third-order valence-corrected chi connectivity index (χ3v) is 14.3. The number of nitrogens with one attached hydrogen (secondary N) is 3. The van der Waals surface area contributed by atoms with Crippen molar-refractivity contribution in [2.45, 2.75) is 88.7 Å². The maximum atomic E-state index is 13.3. The highest BCUT2D eigenvalue weighted by molar-refractivity contribution is 7.90. The number of benzene rings is 3. The highest BCUT2D eigenvalue weighted by Gasteiger charge is 2.45. The second-order valence-corrected chi connectivity index (χ2v) is 20.0. The van der Waals surface area contributed by atoms with Gasteiger partial charge in [-0.1, -0.05) is 30.2 Å². The van der Waals surface area contributed by atoms with Gasteiger partial charge in [-0.3, -0.25) is 19.8 Å². The Bertz CT molecular complexity index is 2140. The predicted molar refractivity (Wildman–Crippen MR) is 233 cm³/mol. The second kappa shape index (κ2) is 18.3. The van der Waals surface area contributed by atoms with Crippen molar-refractivity contribution in [1.29, 1.82) is 0 Å². The number of nitro benzene ring substituents is 1. The lowest BCUT2D eigenvalue weighted by Crippen LogP contribution is -2.49. The van der Waals surface area contributed by atoms with E-state index in [4.69, 9.17) is 16.3 Å². The number of amides is 2. The van der Waals surface area contributed by atoms with Crippen molar-refractivity contribution in [1.82, 2.24) is 19.8 Å². The Morgan fingerprint density at radius 1 is 0.967 bits per heavy atom. The van der Waals surface area contributed by atoms with E-state index in [0.29, 0.717) is 25.0 Å². The molecule has 1 atom stereocenters. The Balaban J connectivity index is 0.868. The molecular weight excluding hydrogens is 806 g/mol. The quantitative estimate of drug-likeness (QED) is 0.0945. The number of alkyl carbamates (subject to hydrolysis) is 1. The van der Waals surface area contributed by atoms with E-state index >= 15 is 0 Å². The van der Waals surface area contributed by atoms with E-state index in [1.807, 2.05) is 45.0 Å². The van der Waals surface area contributed by atoms with E-state index in [1.54, 1.807) is 12.1 Å². The van der Waals surface area contributed by atoms with Crippen LogP contribution in [0.25, 0.3) is 0 Å². The Labute approximate surface area is 358 Å². The van der Waals surface area contributed by atoms with Crippen molar-refractivity contribution in [2.24, 2.45) is 11.3 Å². The molecule has 7 rings (SSSR count). The Hall–Kier alpha value is -4.44. The van der Waals surface area contributed by atoms with Gasteiger partial charge in [0.05, 0.1) is 9.82 Å². The Morgan fingerprint density at radius 3 is 2.37 bits per heavy atom. The first-order valence-electron chi connectivity index (χ1n) is 21.2. The summed E-state index contributed by atoms with van der Waals surface area (Å²) < 4.78 is 34.1. The number of carbonyl (C=O) groups is 2. The third-order valence-electron chi connectivity index (χ3n) is 12.7. The molecule has 1 saturated carbocycles. The Kier molecular flexibility index (Phi) is 13.3. The van der Waals surface area contributed by atoms with Gasteiger partial charge in [0, 0.05) is 74.2 Å². The number of piperidine rings is 1. The van der Waals surface area contributed by atoms with Crippen LogP contribution in [-0.4, -0.2) is 99.6 Å². The molecule has 4 aliphatic rings. The van der Waals surface area contributed by atoms with Gasteiger partial charge in [0.2, 0.25) is 0 Å². The molecule has 3 aromatic carbocycles. The first kappa shape index (κ1) is 43.6. The maximum Gasteiger partial charge on any atom is 0.407 e. The molecule has 0 radical (unpaired) electrons. The molecule has 1 spiro atoms. The van der Waals surface area contributed by atoms with Crippen molar-refractivity contribution in [3.05, 3.63) is 92.5 Å². The highest BCUT2D eigenvalue weighted by atomic mass is 35.5. The van der Waals surface area contributed by atoms with E-state index in [-0.39, 0.29) is 27.2 Å². The van der Waals surface area contributed by atoms with Gasteiger partial charge in [-0.2, -0.15) is 0 Å². The fourth-order valence-corrected chi connectivity index (χ4v) is 10.8. The second-order valence-electron chi connectivity index (χ2n) is 17.9. The van der Waals surface area contributed by atoms with Gasteiger partial charge in [-0.25, -0.2) is 17.9 Å². The number of nitro groups is 1. The van der Waals surface area contributed by atoms with E-state index in [0.717, 1.165) is 114 Å². The van der Waals surface area contributed by atoms with Gasteiger partial charge in [-0.15, -0.1) is 0 Å². The fourth-order valence-electron chi connectivity index (χ4n) is 9.51. The number of fused-ring (bicyclic) bond motifs is 1. The molecule has 2 saturated heterocycles. The van der Waals surface area contributed by atoms with Gasteiger partial charge in [0.25, 0.3) is 21.6 Å². The molecule has 3 N–H and O–H groups in total. The molecule has 2 amide bonds. The number of carbonyl (C=O) groups excluding carboxylic acids is 2. The molecule has 2 aliphatic heterocycles. The zero-order valence-corrected chi connectivity index (χ0v) is 36.5. The molecule has 16 heteroatoms. The molecule has 0 unspecified atom stereocenters. The van der Waals surface area contributed by atoms with Gasteiger partial charge in [0.15, 0.2) is 0 Å². The molecule has 14 nitrogen and oxygen atoms in total. The summed E-state index contributed by atoms with van der Waals surface area (Å²) in [6, 6.07) is 17.1. The van der Waals surface area contributed by atoms with Gasteiger partial charge < -0.3 is 25.2 Å². The van der Waals surface area contributed by atoms with Crippen LogP contribution in [0.1, 0.15) is 93.2 Å². The maximum absolute atomic E-state index is 13.3. The minimum Gasteiger partial charge on any atom is -0.444 e. The number of anilines is 2. The molecule has 324 valence electrons. The van der Waals surface area contributed by atoms with Crippen LogP contribution in [0.2, 0.25) is 5.02 Å². The lowest BCUT2D eigenvalue weighted by molar-refractivity contribution is -0.384. The van der Waals surface area contributed by atoms with Crippen LogP contribution in [0.15, 0.2) is 65.6 Å². The number of halogens is 1. The van der Waals surface area contributed by atoms with Crippen LogP contribution in [0.3, 0.4) is 0 Å². The number of hydrogen-bond donors (Lipinski definition) is 3. The minimum atomic E-state index is -4.41. The summed E-state index contributed by atoms with van der Waals surface area (Å²) in [6.07, 6.45) is 8.17. The predicted octanol–water partition coefficient (Wildman–Crippen LogP) is 7.39. The van der Waals surface area contributed by atoms with Crippen molar-refractivity contribution >= 4 is 50.7 Å². The van der Waals surface area contributed by atoms with Gasteiger partial charge in [0.1, 0.15) is 11.3 Å². The van der Waals surface area contributed by atoms with E-state index < -0.39 is 32.5 Å². The Morgan fingerprint density at radius 2 is 1.68 bits per heavy atom. The molecule has 60 heavy (non-hydrogen) atoms. The summed E-state index contributed by atoms with van der Waals surface area (Å²) in [5.74, 6) is -0.475. The lowest BCUT2D eigenvalue weighted by Gasteiger charge is -2.52. The summed E-state index contributed by atoms with van der Waals surface area (Å²) in [5, 5.41) is 19.0. The zero-order valence-electron chi connectivity index (χ0n) is 34.9. The lowest BCUT2D eigenvalue weighted by atomic mass is 9.57. The van der Waals surface area contributed by atoms with Crippen LogP contribution in [0.5, 0.6) is 0 Å². The smallest absolute Gasteiger partial charge is 0.407 e. The van der Waals surface area contributed by atoms with Crippen LogP contribution >= 0.6 is 11.6 Å². The van der Waals surface area contributed by atoms with Crippen LogP contribution in [0, 0.1) is 21.4 Å². The first-order valence-corrected chi connectivity index (χ1v) is 23.1.